The smallest absolute Gasteiger partial charge is 0.326 e. The van der Waals surface area contributed by atoms with Gasteiger partial charge in [0, 0.05) is 23.7 Å². The molecule has 2 aromatic heterocycles. The van der Waals surface area contributed by atoms with Crippen LogP contribution in [0.3, 0.4) is 0 Å². The van der Waals surface area contributed by atoms with Gasteiger partial charge in [-0.25, -0.2) is 14.8 Å². The van der Waals surface area contributed by atoms with Crippen LogP contribution in [0.5, 0.6) is 0 Å². The molecule has 0 saturated carbocycles. The first-order valence-corrected chi connectivity index (χ1v) is 6.84. The molecular formula is C12H10ClN3O3S. The molecule has 2 aromatic rings. The number of hydrogen-bond acceptors (Lipinski definition) is 5. The topological polar surface area (TPSA) is 92.2 Å². The largest absolute Gasteiger partial charge is 0.480 e. The van der Waals surface area contributed by atoms with Crippen LogP contribution in [-0.2, 0) is 11.2 Å². The molecule has 1 amide bonds. The van der Waals surface area contributed by atoms with E-state index in [1.807, 2.05) is 0 Å². The molecule has 0 spiro atoms. The molecule has 1 atom stereocenters. The van der Waals surface area contributed by atoms with Gasteiger partial charge >= 0.3 is 5.97 Å². The van der Waals surface area contributed by atoms with E-state index in [4.69, 9.17) is 16.7 Å². The molecule has 1 unspecified atom stereocenters. The summed E-state index contributed by atoms with van der Waals surface area (Å²) in [6, 6.07) is 2.03. The van der Waals surface area contributed by atoms with Gasteiger partial charge in [0.15, 0.2) is 0 Å². The van der Waals surface area contributed by atoms with Crippen molar-refractivity contribution >= 4 is 34.8 Å². The maximum Gasteiger partial charge on any atom is 0.326 e. The zero-order valence-electron chi connectivity index (χ0n) is 10.1. The van der Waals surface area contributed by atoms with E-state index >= 15 is 0 Å². The fourth-order valence-corrected chi connectivity index (χ4v) is 2.38. The Labute approximate surface area is 123 Å². The molecule has 20 heavy (non-hydrogen) atoms. The molecule has 0 bridgehead atoms. The Morgan fingerprint density at radius 1 is 1.50 bits per heavy atom. The van der Waals surface area contributed by atoms with E-state index in [2.05, 4.69) is 15.3 Å². The summed E-state index contributed by atoms with van der Waals surface area (Å²) in [5.74, 6) is -1.60. The predicted octanol–water partition coefficient (Wildman–Crippen LogP) is 1.62. The molecule has 2 heterocycles. The fraction of sp³-hybridized carbons (Fsp3) is 0.167. The van der Waals surface area contributed by atoms with Crippen molar-refractivity contribution < 1.29 is 14.7 Å². The summed E-state index contributed by atoms with van der Waals surface area (Å²) in [6.07, 6.45) is 2.93. The predicted molar refractivity (Wildman–Crippen MR) is 74.0 cm³/mol. The van der Waals surface area contributed by atoms with Crippen LogP contribution in [-0.4, -0.2) is 33.0 Å². The van der Waals surface area contributed by atoms with Gasteiger partial charge in [0.25, 0.3) is 5.91 Å². The summed E-state index contributed by atoms with van der Waals surface area (Å²) in [7, 11) is 0. The summed E-state index contributed by atoms with van der Waals surface area (Å²) < 4.78 is 0.470. The average molecular weight is 312 g/mol. The van der Waals surface area contributed by atoms with Gasteiger partial charge in [0.1, 0.15) is 12.4 Å². The lowest BCUT2D eigenvalue weighted by atomic mass is 10.1. The second-order valence-corrected chi connectivity index (χ2v) is 5.45. The highest BCUT2D eigenvalue weighted by Crippen LogP contribution is 2.19. The van der Waals surface area contributed by atoms with Gasteiger partial charge in [0.2, 0.25) is 0 Å². The van der Waals surface area contributed by atoms with Gasteiger partial charge in [-0.2, -0.15) is 0 Å². The van der Waals surface area contributed by atoms with E-state index in [9.17, 15) is 9.59 Å². The first-order chi connectivity index (χ1) is 9.56. The van der Waals surface area contributed by atoms with Crippen LogP contribution in [0.4, 0.5) is 0 Å². The van der Waals surface area contributed by atoms with Crippen molar-refractivity contribution in [3.05, 3.63) is 45.6 Å². The van der Waals surface area contributed by atoms with Crippen LogP contribution < -0.4 is 5.32 Å². The SMILES string of the molecule is O=C(NC(Cc1ccncn1)C(=O)O)c1csc(Cl)c1. The number of aromatic nitrogens is 2. The maximum absolute atomic E-state index is 11.9. The summed E-state index contributed by atoms with van der Waals surface area (Å²) in [6.45, 7) is 0. The van der Waals surface area contributed by atoms with Gasteiger partial charge in [-0.1, -0.05) is 11.6 Å². The number of nitrogens with one attached hydrogen (secondary N) is 1. The van der Waals surface area contributed by atoms with Crippen molar-refractivity contribution in [2.45, 2.75) is 12.5 Å². The van der Waals surface area contributed by atoms with Crippen LogP contribution in [0.1, 0.15) is 16.1 Å². The zero-order valence-corrected chi connectivity index (χ0v) is 11.7. The highest BCUT2D eigenvalue weighted by molar-refractivity contribution is 7.14. The Morgan fingerprint density at radius 2 is 2.30 bits per heavy atom. The number of rotatable bonds is 5. The first-order valence-electron chi connectivity index (χ1n) is 5.59. The monoisotopic (exact) mass is 311 g/mol. The molecule has 0 radical (unpaired) electrons. The number of carboxylic acids is 1. The molecule has 8 heteroatoms. The third kappa shape index (κ3) is 3.75. The van der Waals surface area contributed by atoms with Crippen molar-refractivity contribution in [1.82, 2.24) is 15.3 Å². The Hall–Kier alpha value is -1.99. The Kier molecular flexibility index (Phi) is 4.65. The molecule has 0 aliphatic carbocycles. The van der Waals surface area contributed by atoms with Gasteiger partial charge in [-0.15, -0.1) is 11.3 Å². The number of aliphatic carboxylic acids is 1. The molecule has 6 nitrogen and oxygen atoms in total. The van der Waals surface area contributed by atoms with Crippen LogP contribution in [0.25, 0.3) is 0 Å². The molecule has 0 aromatic carbocycles. The standard InChI is InChI=1S/C12H10ClN3O3S/c13-10-3-7(5-20-10)11(17)16-9(12(18)19)4-8-1-2-14-6-15-8/h1-3,5-6,9H,4H2,(H,16,17)(H,18,19). The highest BCUT2D eigenvalue weighted by atomic mass is 35.5. The zero-order chi connectivity index (χ0) is 14.5. The molecular weight excluding hydrogens is 302 g/mol. The van der Waals surface area contributed by atoms with E-state index in [1.54, 1.807) is 11.4 Å². The minimum atomic E-state index is -1.13. The molecule has 0 saturated heterocycles. The molecule has 2 N–H and O–H groups in total. The Morgan fingerprint density at radius 3 is 2.85 bits per heavy atom. The van der Waals surface area contributed by atoms with Gasteiger partial charge in [-0.05, 0) is 12.1 Å². The fourth-order valence-electron chi connectivity index (χ4n) is 1.52. The van der Waals surface area contributed by atoms with Gasteiger partial charge in [0.05, 0.1) is 9.90 Å². The lowest BCUT2D eigenvalue weighted by molar-refractivity contribution is -0.139. The van der Waals surface area contributed by atoms with Gasteiger partial charge in [-0.3, -0.25) is 4.79 Å². The Balaban J connectivity index is 2.06. The minimum absolute atomic E-state index is 0.0848. The summed E-state index contributed by atoms with van der Waals surface area (Å²) in [5, 5.41) is 13.2. The van der Waals surface area contributed by atoms with E-state index < -0.39 is 17.9 Å². The molecule has 104 valence electrons. The van der Waals surface area contributed by atoms with Crippen molar-refractivity contribution in [3.63, 3.8) is 0 Å². The minimum Gasteiger partial charge on any atom is -0.480 e. The normalized spacial score (nSPS) is 11.8. The number of nitrogens with zero attached hydrogens (tertiary/aromatic N) is 2. The van der Waals surface area contributed by atoms with Crippen molar-refractivity contribution in [1.29, 1.82) is 0 Å². The Bertz CT molecular complexity index is 617. The number of halogens is 1. The molecule has 0 aliphatic heterocycles. The number of thiophene rings is 1. The third-order valence-corrected chi connectivity index (χ3v) is 3.58. The maximum atomic E-state index is 11.9. The van der Waals surface area contributed by atoms with Crippen LogP contribution in [0.2, 0.25) is 4.34 Å². The van der Waals surface area contributed by atoms with Crippen LogP contribution in [0.15, 0.2) is 30.0 Å². The summed E-state index contributed by atoms with van der Waals surface area (Å²) in [5.41, 5.74) is 0.880. The van der Waals surface area contributed by atoms with Crippen LogP contribution in [0, 0.1) is 0 Å². The summed E-state index contributed by atoms with van der Waals surface area (Å²) in [4.78, 5) is 30.8. The quantitative estimate of drug-likeness (QED) is 0.875. The number of amides is 1. The number of hydrogen-bond donors (Lipinski definition) is 2. The third-order valence-electron chi connectivity index (χ3n) is 2.49. The second kappa shape index (κ2) is 6.44. The lowest BCUT2D eigenvalue weighted by Crippen LogP contribution is -2.42. The molecule has 0 fully saturated rings. The number of carbonyl (C=O) groups excluding carboxylic acids is 1. The highest BCUT2D eigenvalue weighted by Gasteiger charge is 2.22. The van der Waals surface area contributed by atoms with Crippen molar-refractivity contribution in [2.75, 3.05) is 0 Å². The number of carboxylic acid groups (broad SMARTS) is 1. The molecule has 2 rings (SSSR count). The van der Waals surface area contributed by atoms with Crippen molar-refractivity contribution in [3.8, 4) is 0 Å². The van der Waals surface area contributed by atoms with E-state index in [0.29, 0.717) is 15.6 Å². The van der Waals surface area contributed by atoms with E-state index in [0.717, 1.165) is 0 Å². The lowest BCUT2D eigenvalue weighted by Gasteiger charge is -2.13. The number of carbonyl (C=O) groups is 2. The van der Waals surface area contributed by atoms with E-state index in [-0.39, 0.29) is 6.42 Å². The summed E-state index contributed by atoms with van der Waals surface area (Å²) >= 11 is 6.95. The average Bonchev–Trinajstić information content (AvgIpc) is 2.86. The molecule has 0 aliphatic rings. The van der Waals surface area contributed by atoms with Crippen molar-refractivity contribution in [2.24, 2.45) is 0 Å². The van der Waals surface area contributed by atoms with E-state index in [1.165, 1.54) is 29.9 Å². The van der Waals surface area contributed by atoms with Gasteiger partial charge < -0.3 is 10.4 Å². The second-order valence-electron chi connectivity index (χ2n) is 3.91. The van der Waals surface area contributed by atoms with Crippen LogP contribution >= 0.6 is 22.9 Å². The first kappa shape index (κ1) is 14.4.